The summed E-state index contributed by atoms with van der Waals surface area (Å²) in [4.78, 5) is 29.7. The molecule has 0 aliphatic carbocycles. The normalized spacial score (nSPS) is 11.3. The molecule has 0 radical (unpaired) electrons. The average molecular weight is 465 g/mol. The van der Waals surface area contributed by atoms with Gasteiger partial charge in [-0.3, -0.25) is 14.2 Å². The van der Waals surface area contributed by atoms with Crippen molar-refractivity contribution in [3.8, 4) is 0 Å². The second-order valence-electron chi connectivity index (χ2n) is 7.20. The molecule has 10 heteroatoms. The monoisotopic (exact) mass is 465 g/mol. The number of ether oxygens (including phenoxy) is 1. The van der Waals surface area contributed by atoms with Crippen molar-refractivity contribution in [3.63, 3.8) is 0 Å². The molecule has 1 amide bonds. The van der Waals surface area contributed by atoms with Crippen LogP contribution in [-0.2, 0) is 16.1 Å². The van der Waals surface area contributed by atoms with Gasteiger partial charge >= 0.3 is 0 Å². The summed E-state index contributed by atoms with van der Waals surface area (Å²) in [6.07, 6.45) is 0.633. The molecule has 3 rings (SSSR count). The van der Waals surface area contributed by atoms with Crippen LogP contribution in [0.3, 0.4) is 0 Å². The Labute approximate surface area is 186 Å². The van der Waals surface area contributed by atoms with Crippen LogP contribution < -0.4 is 10.9 Å². The number of amides is 1. The minimum atomic E-state index is -1.66. The fourth-order valence-electron chi connectivity index (χ4n) is 2.94. The van der Waals surface area contributed by atoms with Gasteiger partial charge in [-0.05, 0) is 44.5 Å². The summed E-state index contributed by atoms with van der Waals surface area (Å²) in [5.41, 5.74) is -0.222. The Bertz CT molecular complexity index is 1180. The van der Waals surface area contributed by atoms with Crippen molar-refractivity contribution in [3.05, 3.63) is 64.2 Å². The molecule has 0 atom stereocenters. The van der Waals surface area contributed by atoms with Gasteiger partial charge in [0.2, 0.25) is 5.91 Å². The summed E-state index contributed by atoms with van der Waals surface area (Å²) in [5.74, 6) is -5.36. The maximum absolute atomic E-state index is 13.8. The maximum atomic E-state index is 13.8. The van der Waals surface area contributed by atoms with E-state index in [1.54, 1.807) is 24.3 Å². The average Bonchev–Trinajstić information content (AvgIpc) is 2.77. The highest BCUT2D eigenvalue weighted by atomic mass is 32.2. The molecule has 0 unspecified atom stereocenters. The molecule has 1 N–H and O–H groups in total. The summed E-state index contributed by atoms with van der Waals surface area (Å²) in [6, 6.07) is 8.54. The van der Waals surface area contributed by atoms with Crippen LogP contribution in [0.25, 0.3) is 10.9 Å². The highest BCUT2D eigenvalue weighted by molar-refractivity contribution is 7.99. The minimum absolute atomic E-state index is 0.0654. The maximum Gasteiger partial charge on any atom is 0.262 e. The van der Waals surface area contributed by atoms with E-state index in [1.165, 1.54) is 4.57 Å². The van der Waals surface area contributed by atoms with Crippen LogP contribution in [0.2, 0.25) is 0 Å². The fraction of sp³-hybridized carbons (Fsp3) is 0.318. The minimum Gasteiger partial charge on any atom is -0.379 e. The zero-order valence-electron chi connectivity index (χ0n) is 17.5. The first kappa shape index (κ1) is 23.8. The third kappa shape index (κ3) is 5.68. The smallest absolute Gasteiger partial charge is 0.262 e. The quantitative estimate of drug-likeness (QED) is 0.220. The second-order valence-corrected chi connectivity index (χ2v) is 8.14. The predicted molar refractivity (Wildman–Crippen MR) is 117 cm³/mol. The summed E-state index contributed by atoms with van der Waals surface area (Å²) in [7, 11) is 0. The summed E-state index contributed by atoms with van der Waals surface area (Å²) >= 11 is 0.990. The molecule has 0 spiro atoms. The van der Waals surface area contributed by atoms with E-state index in [4.69, 9.17) is 4.74 Å². The van der Waals surface area contributed by atoms with Gasteiger partial charge in [0.25, 0.3) is 5.56 Å². The van der Waals surface area contributed by atoms with Gasteiger partial charge in [0, 0.05) is 13.2 Å². The van der Waals surface area contributed by atoms with E-state index in [0.717, 1.165) is 23.9 Å². The molecule has 1 heterocycles. The SMILES string of the molecule is CC(C)OCCCn1c(SCC(=O)Nc2ccc(F)c(F)c2F)nc2ccccc2c1=O. The molecule has 2 aromatic carbocycles. The van der Waals surface area contributed by atoms with E-state index < -0.39 is 29.0 Å². The van der Waals surface area contributed by atoms with Crippen LogP contribution in [-0.4, -0.2) is 33.9 Å². The van der Waals surface area contributed by atoms with Crippen LogP contribution in [0.1, 0.15) is 20.3 Å². The Balaban J connectivity index is 1.77. The van der Waals surface area contributed by atoms with Gasteiger partial charge in [0.15, 0.2) is 22.6 Å². The lowest BCUT2D eigenvalue weighted by Gasteiger charge is -2.14. The van der Waals surface area contributed by atoms with Gasteiger partial charge in [0.1, 0.15) is 0 Å². The van der Waals surface area contributed by atoms with Crippen LogP contribution in [0, 0.1) is 17.5 Å². The van der Waals surface area contributed by atoms with E-state index in [2.05, 4.69) is 10.3 Å². The highest BCUT2D eigenvalue weighted by Gasteiger charge is 2.17. The highest BCUT2D eigenvalue weighted by Crippen LogP contribution is 2.22. The number of thioether (sulfide) groups is 1. The van der Waals surface area contributed by atoms with Gasteiger partial charge in [-0.15, -0.1) is 0 Å². The summed E-state index contributed by atoms with van der Waals surface area (Å²) in [6.45, 7) is 4.63. The van der Waals surface area contributed by atoms with E-state index in [0.29, 0.717) is 35.6 Å². The van der Waals surface area contributed by atoms with E-state index in [9.17, 15) is 22.8 Å². The lowest BCUT2D eigenvalue weighted by molar-refractivity contribution is -0.113. The molecule has 0 saturated heterocycles. The molecule has 0 aliphatic heterocycles. The molecule has 0 aliphatic rings. The van der Waals surface area contributed by atoms with Crippen molar-refractivity contribution >= 4 is 34.3 Å². The van der Waals surface area contributed by atoms with Crippen LogP contribution >= 0.6 is 11.8 Å². The van der Waals surface area contributed by atoms with Gasteiger partial charge in [0.05, 0.1) is 28.4 Å². The lowest BCUT2D eigenvalue weighted by Crippen LogP contribution is -2.25. The largest absolute Gasteiger partial charge is 0.379 e. The number of carbonyl (C=O) groups is 1. The van der Waals surface area contributed by atoms with Crippen LogP contribution in [0.5, 0.6) is 0 Å². The second kappa shape index (κ2) is 10.6. The Kier molecular flexibility index (Phi) is 7.92. The van der Waals surface area contributed by atoms with E-state index >= 15 is 0 Å². The first-order valence-corrected chi connectivity index (χ1v) is 10.9. The topological polar surface area (TPSA) is 73.2 Å². The number of halogens is 3. The molecule has 170 valence electrons. The molecule has 3 aromatic rings. The van der Waals surface area contributed by atoms with Crippen molar-refractivity contribution in [1.29, 1.82) is 0 Å². The van der Waals surface area contributed by atoms with Crippen molar-refractivity contribution < 1.29 is 22.7 Å². The molecular weight excluding hydrogens is 443 g/mol. The fourth-order valence-corrected chi connectivity index (χ4v) is 3.76. The number of para-hydroxylation sites is 1. The Hall–Kier alpha value is -2.85. The number of benzene rings is 2. The van der Waals surface area contributed by atoms with Crippen LogP contribution in [0.4, 0.5) is 18.9 Å². The Morgan fingerprint density at radius 1 is 1.16 bits per heavy atom. The number of rotatable bonds is 9. The van der Waals surface area contributed by atoms with Crippen LogP contribution in [0.15, 0.2) is 46.3 Å². The predicted octanol–water partition coefficient (Wildman–Crippen LogP) is 4.36. The first-order chi connectivity index (χ1) is 15.3. The van der Waals surface area contributed by atoms with Gasteiger partial charge in [-0.1, -0.05) is 23.9 Å². The standard InChI is InChI=1S/C22H22F3N3O3S/c1-13(2)31-11-5-10-28-21(30)14-6-3-4-7-16(14)27-22(28)32-12-18(29)26-17-9-8-15(23)19(24)20(17)25/h3-4,6-9,13H,5,10-12H2,1-2H3,(H,26,29). The molecule has 1 aromatic heterocycles. The summed E-state index contributed by atoms with van der Waals surface area (Å²) in [5, 5.41) is 2.98. The van der Waals surface area contributed by atoms with Crippen molar-refractivity contribution in [2.75, 3.05) is 17.7 Å². The van der Waals surface area contributed by atoms with Gasteiger partial charge in [-0.2, -0.15) is 0 Å². The summed E-state index contributed by atoms with van der Waals surface area (Å²) < 4.78 is 47.2. The number of hydrogen-bond donors (Lipinski definition) is 1. The zero-order chi connectivity index (χ0) is 23.3. The third-order valence-corrected chi connectivity index (χ3v) is 5.42. The third-order valence-electron chi connectivity index (χ3n) is 4.45. The lowest BCUT2D eigenvalue weighted by atomic mass is 10.2. The number of fused-ring (bicyclic) bond motifs is 1. The molecule has 6 nitrogen and oxygen atoms in total. The molecule has 32 heavy (non-hydrogen) atoms. The number of hydrogen-bond acceptors (Lipinski definition) is 5. The van der Waals surface area contributed by atoms with E-state index in [1.807, 2.05) is 13.8 Å². The van der Waals surface area contributed by atoms with E-state index in [-0.39, 0.29) is 17.4 Å². The molecule has 0 saturated carbocycles. The first-order valence-electron chi connectivity index (χ1n) is 9.95. The van der Waals surface area contributed by atoms with Gasteiger partial charge in [-0.25, -0.2) is 18.2 Å². The Morgan fingerprint density at radius 2 is 1.91 bits per heavy atom. The number of nitrogens with zero attached hydrogens (tertiary/aromatic N) is 2. The zero-order valence-corrected chi connectivity index (χ0v) is 18.3. The number of aromatic nitrogens is 2. The molecule has 0 fully saturated rings. The van der Waals surface area contributed by atoms with Gasteiger partial charge < -0.3 is 10.1 Å². The number of carbonyl (C=O) groups excluding carboxylic acids is 1. The molecular formula is C22H22F3N3O3S. The van der Waals surface area contributed by atoms with Crippen molar-refractivity contribution in [2.45, 2.75) is 38.1 Å². The number of nitrogens with one attached hydrogen (secondary N) is 1. The Morgan fingerprint density at radius 3 is 2.66 bits per heavy atom. The molecule has 0 bridgehead atoms. The van der Waals surface area contributed by atoms with Crippen molar-refractivity contribution in [1.82, 2.24) is 9.55 Å². The number of anilines is 1. The van der Waals surface area contributed by atoms with Crippen molar-refractivity contribution in [2.24, 2.45) is 0 Å².